The van der Waals surface area contributed by atoms with Gasteiger partial charge in [-0.1, -0.05) is 13.8 Å². The molecule has 2 N–H and O–H groups in total. The topological polar surface area (TPSA) is 42.2 Å². The number of nitrogens with zero attached hydrogens (tertiary/aromatic N) is 2. The Morgan fingerprint density at radius 2 is 2.12 bits per heavy atom. The maximum absolute atomic E-state index is 5.68. The molecule has 0 amide bonds. The molecule has 2 atom stereocenters. The lowest BCUT2D eigenvalue weighted by molar-refractivity contribution is 0.263. The van der Waals surface area contributed by atoms with Crippen LogP contribution in [0.25, 0.3) is 0 Å². The highest BCUT2D eigenvalue weighted by Crippen LogP contribution is 2.25. The highest BCUT2D eigenvalue weighted by atomic mass is 32.2. The molecule has 1 saturated heterocycles. The van der Waals surface area contributed by atoms with Crippen LogP contribution < -0.4 is 5.73 Å². The zero-order valence-corrected chi connectivity index (χ0v) is 10.7. The van der Waals surface area contributed by atoms with Crippen molar-refractivity contribution in [2.45, 2.75) is 30.9 Å². The number of rotatable bonds is 2. The minimum Gasteiger partial charge on any atom is -0.384 e. The molecule has 1 aromatic rings. The van der Waals surface area contributed by atoms with Gasteiger partial charge in [0.1, 0.15) is 5.82 Å². The Kier molecular flexibility index (Phi) is 3.71. The van der Waals surface area contributed by atoms with Crippen LogP contribution in [0, 0.1) is 0 Å². The lowest BCUT2D eigenvalue weighted by atomic mass is 10.2. The summed E-state index contributed by atoms with van der Waals surface area (Å²) in [5.74, 6) is 0.616. The zero-order chi connectivity index (χ0) is 11.5. The number of aromatic nitrogens is 1. The second-order valence-electron chi connectivity index (χ2n) is 4.54. The molecule has 2 rings (SSSR count). The number of hydrogen-bond donors (Lipinski definition) is 1. The van der Waals surface area contributed by atoms with Crippen LogP contribution in [0.15, 0.2) is 18.3 Å². The van der Waals surface area contributed by atoms with E-state index in [9.17, 15) is 0 Å². The molecule has 1 aromatic heterocycles. The Bertz CT molecular complexity index is 346. The number of hydrogen-bond acceptors (Lipinski definition) is 4. The molecule has 0 aliphatic carbocycles. The van der Waals surface area contributed by atoms with Gasteiger partial charge in [0.05, 0.1) is 0 Å². The highest BCUT2D eigenvalue weighted by molar-refractivity contribution is 8.00. The first-order valence-corrected chi connectivity index (χ1v) is 6.66. The highest BCUT2D eigenvalue weighted by Gasteiger charge is 2.21. The van der Waals surface area contributed by atoms with E-state index in [2.05, 4.69) is 35.5 Å². The predicted octanol–water partition coefficient (Wildman–Crippen LogP) is 1.99. The Morgan fingerprint density at radius 1 is 1.44 bits per heavy atom. The summed E-state index contributed by atoms with van der Waals surface area (Å²) in [6.45, 7) is 7.92. The van der Waals surface area contributed by atoms with E-state index in [-0.39, 0.29) is 0 Å². The summed E-state index contributed by atoms with van der Waals surface area (Å²) in [7, 11) is 0. The second kappa shape index (κ2) is 5.06. The quantitative estimate of drug-likeness (QED) is 0.854. The summed E-state index contributed by atoms with van der Waals surface area (Å²) in [4.78, 5) is 6.52. The monoisotopic (exact) mass is 237 g/mol. The molecular formula is C12H19N3S. The first kappa shape index (κ1) is 11.7. The van der Waals surface area contributed by atoms with Gasteiger partial charge in [-0.15, -0.1) is 0 Å². The van der Waals surface area contributed by atoms with Crippen molar-refractivity contribution in [1.82, 2.24) is 9.88 Å². The van der Waals surface area contributed by atoms with Gasteiger partial charge in [-0.25, -0.2) is 4.98 Å². The molecule has 16 heavy (non-hydrogen) atoms. The Morgan fingerprint density at radius 3 is 2.75 bits per heavy atom. The lowest BCUT2D eigenvalue weighted by Crippen LogP contribution is -2.39. The number of nitrogens with two attached hydrogens (primary N) is 1. The van der Waals surface area contributed by atoms with Gasteiger partial charge in [-0.3, -0.25) is 4.90 Å². The molecule has 0 saturated carbocycles. The minimum absolute atomic E-state index is 0.616. The third-order valence-electron chi connectivity index (χ3n) is 2.75. The molecule has 0 radical (unpaired) electrons. The average Bonchev–Trinajstić information content (AvgIpc) is 2.15. The van der Waals surface area contributed by atoms with E-state index in [4.69, 9.17) is 5.73 Å². The third-order valence-corrected chi connectivity index (χ3v) is 3.97. The fourth-order valence-electron chi connectivity index (χ4n) is 2.26. The van der Waals surface area contributed by atoms with Crippen LogP contribution in [0.5, 0.6) is 0 Å². The van der Waals surface area contributed by atoms with E-state index in [1.165, 1.54) is 5.56 Å². The molecule has 1 fully saturated rings. The molecule has 1 aliphatic heterocycles. The van der Waals surface area contributed by atoms with E-state index in [0.717, 1.165) is 30.1 Å². The van der Waals surface area contributed by atoms with E-state index in [0.29, 0.717) is 5.82 Å². The normalized spacial score (nSPS) is 26.9. The van der Waals surface area contributed by atoms with E-state index >= 15 is 0 Å². The molecule has 3 nitrogen and oxygen atoms in total. The third kappa shape index (κ3) is 3.12. The number of pyridine rings is 1. The average molecular weight is 237 g/mol. The number of thioether (sulfide) groups is 1. The van der Waals surface area contributed by atoms with Crippen molar-refractivity contribution in [3.63, 3.8) is 0 Å². The molecule has 2 heterocycles. The summed E-state index contributed by atoms with van der Waals surface area (Å²) >= 11 is 2.08. The second-order valence-corrected chi connectivity index (χ2v) is 6.42. The van der Waals surface area contributed by atoms with Crippen LogP contribution in [0.1, 0.15) is 19.4 Å². The minimum atomic E-state index is 0.616. The van der Waals surface area contributed by atoms with Gasteiger partial charge in [0.25, 0.3) is 0 Å². The summed E-state index contributed by atoms with van der Waals surface area (Å²) in [6.07, 6.45) is 1.79. The van der Waals surface area contributed by atoms with Crippen molar-refractivity contribution in [3.8, 4) is 0 Å². The maximum atomic E-state index is 5.68. The van der Waals surface area contributed by atoms with Gasteiger partial charge in [-0.2, -0.15) is 11.8 Å². The van der Waals surface area contributed by atoms with Gasteiger partial charge in [-0.05, 0) is 17.7 Å². The summed E-state index contributed by atoms with van der Waals surface area (Å²) < 4.78 is 0. The smallest absolute Gasteiger partial charge is 0.123 e. The molecule has 0 spiro atoms. The first-order chi connectivity index (χ1) is 7.63. The van der Waals surface area contributed by atoms with E-state index < -0.39 is 0 Å². The maximum Gasteiger partial charge on any atom is 0.123 e. The van der Waals surface area contributed by atoms with Crippen molar-refractivity contribution in [1.29, 1.82) is 0 Å². The predicted molar refractivity (Wildman–Crippen MR) is 70.4 cm³/mol. The number of anilines is 1. The summed E-state index contributed by atoms with van der Waals surface area (Å²) in [5.41, 5.74) is 6.95. The van der Waals surface area contributed by atoms with Crippen molar-refractivity contribution in [3.05, 3.63) is 23.9 Å². The molecule has 1 aliphatic rings. The molecule has 2 unspecified atom stereocenters. The summed E-state index contributed by atoms with van der Waals surface area (Å²) in [6, 6.07) is 4.02. The largest absolute Gasteiger partial charge is 0.384 e. The van der Waals surface area contributed by atoms with Crippen LogP contribution in [-0.4, -0.2) is 33.5 Å². The Balaban J connectivity index is 1.98. The van der Waals surface area contributed by atoms with Crippen LogP contribution in [0.4, 0.5) is 5.82 Å². The van der Waals surface area contributed by atoms with Gasteiger partial charge < -0.3 is 5.73 Å². The van der Waals surface area contributed by atoms with Crippen molar-refractivity contribution in [2.24, 2.45) is 0 Å². The Labute approximate surface area is 101 Å². The van der Waals surface area contributed by atoms with Crippen molar-refractivity contribution < 1.29 is 0 Å². The van der Waals surface area contributed by atoms with E-state index in [1.54, 1.807) is 6.20 Å². The SMILES string of the molecule is CC1CN(Cc2ccnc(N)c2)CC(C)S1. The first-order valence-electron chi connectivity index (χ1n) is 5.71. The van der Waals surface area contributed by atoms with Gasteiger partial charge in [0.2, 0.25) is 0 Å². The van der Waals surface area contributed by atoms with Crippen LogP contribution >= 0.6 is 11.8 Å². The fraction of sp³-hybridized carbons (Fsp3) is 0.583. The zero-order valence-electron chi connectivity index (χ0n) is 9.89. The fourth-order valence-corrected chi connectivity index (χ4v) is 3.65. The molecule has 88 valence electrons. The molecule has 0 bridgehead atoms. The van der Waals surface area contributed by atoms with E-state index in [1.807, 2.05) is 12.1 Å². The van der Waals surface area contributed by atoms with Crippen molar-refractivity contribution >= 4 is 17.6 Å². The number of nitrogen functional groups attached to an aromatic ring is 1. The van der Waals surface area contributed by atoms with Gasteiger partial charge in [0.15, 0.2) is 0 Å². The van der Waals surface area contributed by atoms with Crippen LogP contribution in [-0.2, 0) is 6.54 Å². The standard InChI is InChI=1S/C12H19N3S/c1-9-6-15(7-10(2)16-9)8-11-3-4-14-12(13)5-11/h3-5,9-10H,6-8H2,1-2H3,(H2,13,14). The molecule has 4 heteroatoms. The van der Waals surface area contributed by atoms with Gasteiger partial charge >= 0.3 is 0 Å². The summed E-state index contributed by atoms with van der Waals surface area (Å²) in [5, 5.41) is 1.45. The lowest BCUT2D eigenvalue weighted by Gasteiger charge is -2.34. The van der Waals surface area contributed by atoms with Gasteiger partial charge in [0, 0.05) is 36.3 Å². The van der Waals surface area contributed by atoms with Crippen LogP contribution in [0.3, 0.4) is 0 Å². The molecule has 0 aromatic carbocycles. The van der Waals surface area contributed by atoms with Crippen molar-refractivity contribution in [2.75, 3.05) is 18.8 Å². The Hall–Kier alpha value is -0.740. The molecular weight excluding hydrogens is 218 g/mol. The van der Waals surface area contributed by atoms with Crippen LogP contribution in [0.2, 0.25) is 0 Å².